The van der Waals surface area contributed by atoms with Gasteiger partial charge in [-0.15, -0.1) is 0 Å². The molecule has 2 rings (SSSR count). The molecule has 0 saturated carbocycles. The van der Waals surface area contributed by atoms with Crippen molar-refractivity contribution in [3.8, 4) is 0 Å². The molecule has 2 aromatic rings. The maximum atomic E-state index is 12.0. The molecule has 0 aliphatic heterocycles. The molecule has 6 heteroatoms. The summed E-state index contributed by atoms with van der Waals surface area (Å²) in [6, 6.07) is 13.3. The van der Waals surface area contributed by atoms with Crippen LogP contribution in [0.15, 0.2) is 53.1 Å². The van der Waals surface area contributed by atoms with E-state index in [4.69, 9.17) is 0 Å². The van der Waals surface area contributed by atoms with Crippen LogP contribution in [0.3, 0.4) is 0 Å². The van der Waals surface area contributed by atoms with E-state index in [1.807, 2.05) is 42.5 Å². The highest BCUT2D eigenvalue weighted by Gasteiger charge is 2.11. The van der Waals surface area contributed by atoms with Gasteiger partial charge in [0.1, 0.15) is 0 Å². The SMILES string of the molecule is CC(=O)N(CCNC(=O)Cc1cccc(Br)c1)Cc1ccccn1. The minimum Gasteiger partial charge on any atom is -0.354 e. The molecule has 1 aromatic heterocycles. The lowest BCUT2D eigenvalue weighted by Crippen LogP contribution is -2.37. The van der Waals surface area contributed by atoms with E-state index in [0.717, 1.165) is 15.7 Å². The van der Waals surface area contributed by atoms with Gasteiger partial charge in [-0.05, 0) is 29.8 Å². The number of halogens is 1. The van der Waals surface area contributed by atoms with Gasteiger partial charge in [0.25, 0.3) is 0 Å². The fraction of sp³-hybridized carbons (Fsp3) is 0.278. The lowest BCUT2D eigenvalue weighted by atomic mass is 10.1. The third kappa shape index (κ3) is 6.12. The minimum atomic E-state index is -0.0607. The van der Waals surface area contributed by atoms with Crippen LogP contribution in [0.5, 0.6) is 0 Å². The zero-order valence-corrected chi connectivity index (χ0v) is 15.1. The normalized spacial score (nSPS) is 10.2. The van der Waals surface area contributed by atoms with Crippen LogP contribution in [0.2, 0.25) is 0 Å². The molecule has 0 atom stereocenters. The number of carbonyl (C=O) groups is 2. The number of nitrogens with one attached hydrogen (secondary N) is 1. The first-order chi connectivity index (χ1) is 11.5. The van der Waals surface area contributed by atoms with Gasteiger partial charge in [0.15, 0.2) is 0 Å². The first-order valence-corrected chi connectivity index (χ1v) is 8.50. The number of hydrogen-bond donors (Lipinski definition) is 1. The van der Waals surface area contributed by atoms with Gasteiger partial charge >= 0.3 is 0 Å². The lowest BCUT2D eigenvalue weighted by Gasteiger charge is -2.20. The van der Waals surface area contributed by atoms with E-state index in [0.29, 0.717) is 26.1 Å². The molecular formula is C18H20BrN3O2. The number of amides is 2. The molecule has 2 amide bonds. The summed E-state index contributed by atoms with van der Waals surface area (Å²) in [5.74, 6) is -0.101. The van der Waals surface area contributed by atoms with E-state index in [1.165, 1.54) is 6.92 Å². The summed E-state index contributed by atoms with van der Waals surface area (Å²) in [7, 11) is 0. The maximum Gasteiger partial charge on any atom is 0.224 e. The Morgan fingerprint density at radius 3 is 2.71 bits per heavy atom. The molecule has 1 heterocycles. The molecule has 126 valence electrons. The van der Waals surface area contributed by atoms with Crippen molar-refractivity contribution in [3.05, 3.63) is 64.4 Å². The van der Waals surface area contributed by atoms with Gasteiger partial charge in [0, 0.05) is 30.7 Å². The summed E-state index contributed by atoms with van der Waals surface area (Å²) in [4.78, 5) is 29.6. The van der Waals surface area contributed by atoms with E-state index >= 15 is 0 Å². The monoisotopic (exact) mass is 389 g/mol. The Bertz CT molecular complexity index is 692. The highest BCUT2D eigenvalue weighted by atomic mass is 79.9. The molecule has 0 radical (unpaired) electrons. The zero-order chi connectivity index (χ0) is 17.4. The van der Waals surface area contributed by atoms with Crippen molar-refractivity contribution >= 4 is 27.7 Å². The molecule has 0 saturated heterocycles. The molecule has 1 aromatic carbocycles. The van der Waals surface area contributed by atoms with Crippen LogP contribution >= 0.6 is 15.9 Å². The molecule has 0 spiro atoms. The predicted octanol–water partition coefficient (Wildman–Crippen LogP) is 2.55. The number of nitrogens with zero attached hydrogens (tertiary/aromatic N) is 2. The fourth-order valence-corrected chi connectivity index (χ4v) is 2.71. The number of rotatable bonds is 7. The van der Waals surface area contributed by atoms with Crippen LogP contribution in [0.25, 0.3) is 0 Å². The quantitative estimate of drug-likeness (QED) is 0.791. The highest BCUT2D eigenvalue weighted by Crippen LogP contribution is 2.11. The molecule has 0 aliphatic carbocycles. The second kappa shape index (κ2) is 9.17. The Hall–Kier alpha value is -2.21. The minimum absolute atomic E-state index is 0.0399. The van der Waals surface area contributed by atoms with E-state index < -0.39 is 0 Å². The molecule has 5 nitrogen and oxygen atoms in total. The van der Waals surface area contributed by atoms with Gasteiger partial charge in [-0.1, -0.05) is 34.1 Å². The highest BCUT2D eigenvalue weighted by molar-refractivity contribution is 9.10. The summed E-state index contributed by atoms with van der Waals surface area (Å²) >= 11 is 3.39. The number of hydrogen-bond acceptors (Lipinski definition) is 3. The van der Waals surface area contributed by atoms with Gasteiger partial charge < -0.3 is 10.2 Å². The largest absolute Gasteiger partial charge is 0.354 e. The smallest absolute Gasteiger partial charge is 0.224 e. The van der Waals surface area contributed by atoms with E-state index in [9.17, 15) is 9.59 Å². The Morgan fingerprint density at radius 1 is 1.21 bits per heavy atom. The van der Waals surface area contributed by atoms with Crippen molar-refractivity contribution in [2.45, 2.75) is 19.9 Å². The van der Waals surface area contributed by atoms with Crippen molar-refractivity contribution in [1.29, 1.82) is 0 Å². The average molecular weight is 390 g/mol. The summed E-state index contributed by atoms with van der Waals surface area (Å²) in [6.07, 6.45) is 2.02. The van der Waals surface area contributed by atoms with Crippen molar-refractivity contribution in [2.75, 3.05) is 13.1 Å². The summed E-state index contributed by atoms with van der Waals surface area (Å²) in [5, 5.41) is 2.85. The predicted molar refractivity (Wildman–Crippen MR) is 96.2 cm³/mol. The zero-order valence-electron chi connectivity index (χ0n) is 13.5. The van der Waals surface area contributed by atoms with Crippen LogP contribution in [0.1, 0.15) is 18.2 Å². The maximum absolute atomic E-state index is 12.0. The summed E-state index contributed by atoms with van der Waals surface area (Å²) < 4.78 is 0.950. The topological polar surface area (TPSA) is 62.3 Å². The lowest BCUT2D eigenvalue weighted by molar-refractivity contribution is -0.130. The Kier molecular flexibility index (Phi) is 6.93. The molecule has 0 bridgehead atoms. The van der Waals surface area contributed by atoms with Crippen LogP contribution in [-0.4, -0.2) is 34.8 Å². The third-order valence-corrected chi connectivity index (χ3v) is 3.98. The number of aromatic nitrogens is 1. The van der Waals surface area contributed by atoms with Gasteiger partial charge in [0.05, 0.1) is 18.7 Å². The molecule has 24 heavy (non-hydrogen) atoms. The molecular weight excluding hydrogens is 370 g/mol. The number of benzene rings is 1. The van der Waals surface area contributed by atoms with Gasteiger partial charge in [-0.3, -0.25) is 14.6 Å². The van der Waals surface area contributed by atoms with Crippen LogP contribution in [0.4, 0.5) is 0 Å². The fourth-order valence-electron chi connectivity index (χ4n) is 2.26. The standard InChI is InChI=1S/C18H20BrN3O2/c1-14(23)22(13-17-7-2-3-8-20-17)10-9-21-18(24)12-15-5-4-6-16(19)11-15/h2-8,11H,9-10,12-13H2,1H3,(H,21,24). The second-order valence-electron chi connectivity index (χ2n) is 5.42. The first kappa shape index (κ1) is 18.1. The van der Waals surface area contributed by atoms with Crippen molar-refractivity contribution in [1.82, 2.24) is 15.2 Å². The second-order valence-corrected chi connectivity index (χ2v) is 6.33. The Labute approximate surface area is 150 Å². The number of carbonyl (C=O) groups excluding carboxylic acids is 2. The van der Waals surface area contributed by atoms with E-state index in [2.05, 4.69) is 26.2 Å². The van der Waals surface area contributed by atoms with Gasteiger partial charge in [-0.25, -0.2) is 0 Å². The summed E-state index contributed by atoms with van der Waals surface area (Å²) in [5.41, 5.74) is 1.77. The molecule has 0 fully saturated rings. The average Bonchev–Trinajstić information content (AvgIpc) is 2.54. The van der Waals surface area contributed by atoms with Crippen molar-refractivity contribution < 1.29 is 9.59 Å². The molecule has 0 unspecified atom stereocenters. The Balaban J connectivity index is 1.80. The first-order valence-electron chi connectivity index (χ1n) is 7.71. The number of pyridine rings is 1. The summed E-state index contributed by atoms with van der Waals surface area (Å²) in [6.45, 7) is 2.83. The van der Waals surface area contributed by atoms with Crippen LogP contribution in [0, 0.1) is 0 Å². The van der Waals surface area contributed by atoms with Crippen LogP contribution in [-0.2, 0) is 22.6 Å². The Morgan fingerprint density at radius 2 is 2.04 bits per heavy atom. The molecule has 1 N–H and O–H groups in total. The van der Waals surface area contributed by atoms with Gasteiger partial charge in [0.2, 0.25) is 11.8 Å². The van der Waals surface area contributed by atoms with Crippen molar-refractivity contribution in [3.63, 3.8) is 0 Å². The van der Waals surface area contributed by atoms with Crippen molar-refractivity contribution in [2.24, 2.45) is 0 Å². The molecule has 0 aliphatic rings. The third-order valence-electron chi connectivity index (χ3n) is 3.48. The van der Waals surface area contributed by atoms with E-state index in [-0.39, 0.29) is 11.8 Å². The van der Waals surface area contributed by atoms with Crippen LogP contribution < -0.4 is 5.32 Å². The van der Waals surface area contributed by atoms with E-state index in [1.54, 1.807) is 11.1 Å². The van der Waals surface area contributed by atoms with Gasteiger partial charge in [-0.2, -0.15) is 0 Å².